The van der Waals surface area contributed by atoms with Gasteiger partial charge in [0, 0.05) is 4.90 Å². The number of ether oxygens (including phenoxy) is 1. The van der Waals surface area contributed by atoms with E-state index in [4.69, 9.17) is 15.7 Å². The number of anilines is 1. The molecule has 1 heterocycles. The van der Waals surface area contributed by atoms with Crippen molar-refractivity contribution in [3.8, 4) is 6.07 Å². The normalized spacial score (nSPS) is 15.9. The average Bonchev–Trinajstić information content (AvgIpc) is 2.13. The van der Waals surface area contributed by atoms with E-state index < -0.39 is 0 Å². The quantitative estimate of drug-likeness (QED) is 0.747. The molecule has 0 spiro atoms. The Morgan fingerprint density at radius 1 is 1.50 bits per heavy atom. The Labute approximate surface area is 86.9 Å². The van der Waals surface area contributed by atoms with Gasteiger partial charge < -0.3 is 10.5 Å². The third kappa shape index (κ3) is 1.69. The van der Waals surface area contributed by atoms with Gasteiger partial charge in [0.1, 0.15) is 6.07 Å². The molecule has 1 fully saturated rings. The first-order valence-electron chi connectivity index (χ1n) is 4.34. The second-order valence-electron chi connectivity index (χ2n) is 3.11. The minimum absolute atomic E-state index is 0.492. The number of rotatable bonds is 2. The Bertz CT molecular complexity index is 382. The second kappa shape index (κ2) is 3.91. The molecule has 0 radical (unpaired) electrons. The fourth-order valence-corrected chi connectivity index (χ4v) is 2.29. The number of nitrogen functional groups attached to an aromatic ring is 1. The molecular formula is C10H10N2OS. The summed E-state index contributed by atoms with van der Waals surface area (Å²) in [5, 5.41) is 9.28. The van der Waals surface area contributed by atoms with Gasteiger partial charge in [0.15, 0.2) is 0 Å². The second-order valence-corrected chi connectivity index (χ2v) is 4.45. The number of nitrogens with two attached hydrogens (primary N) is 1. The minimum atomic E-state index is 0.492. The summed E-state index contributed by atoms with van der Waals surface area (Å²) in [7, 11) is 0. The standard InChI is InChI=1S/C10H10N2OS/c11-4-7-2-1-3-9(10(7)12)14-8-5-13-6-8/h1-3,8H,5-6,12H2. The zero-order valence-corrected chi connectivity index (χ0v) is 8.38. The van der Waals surface area contributed by atoms with Crippen molar-refractivity contribution in [3.63, 3.8) is 0 Å². The van der Waals surface area contributed by atoms with Crippen LogP contribution in [0.15, 0.2) is 23.1 Å². The van der Waals surface area contributed by atoms with Gasteiger partial charge in [0.25, 0.3) is 0 Å². The van der Waals surface area contributed by atoms with Crippen molar-refractivity contribution in [2.45, 2.75) is 10.1 Å². The van der Waals surface area contributed by atoms with Gasteiger partial charge in [-0.05, 0) is 12.1 Å². The monoisotopic (exact) mass is 206 g/mol. The van der Waals surface area contributed by atoms with Crippen LogP contribution in [0.4, 0.5) is 5.69 Å². The molecule has 0 atom stereocenters. The van der Waals surface area contributed by atoms with E-state index in [1.807, 2.05) is 12.1 Å². The molecule has 0 saturated carbocycles. The Balaban J connectivity index is 2.20. The lowest BCUT2D eigenvalue weighted by atomic mass is 10.2. The molecule has 0 bridgehead atoms. The van der Waals surface area contributed by atoms with Crippen LogP contribution in [0.2, 0.25) is 0 Å². The third-order valence-corrected chi connectivity index (χ3v) is 3.30. The fraction of sp³-hybridized carbons (Fsp3) is 0.300. The number of nitriles is 1. The smallest absolute Gasteiger partial charge is 0.101 e. The summed E-state index contributed by atoms with van der Waals surface area (Å²) < 4.78 is 5.08. The molecule has 1 saturated heterocycles. The summed E-state index contributed by atoms with van der Waals surface area (Å²) in [6.07, 6.45) is 0. The van der Waals surface area contributed by atoms with Gasteiger partial charge in [-0.2, -0.15) is 5.26 Å². The molecular weight excluding hydrogens is 196 g/mol. The van der Waals surface area contributed by atoms with Crippen LogP contribution >= 0.6 is 11.8 Å². The molecule has 0 amide bonds. The van der Waals surface area contributed by atoms with Crippen molar-refractivity contribution >= 4 is 17.4 Å². The van der Waals surface area contributed by atoms with Crippen molar-refractivity contribution in [2.75, 3.05) is 18.9 Å². The molecule has 1 aliphatic heterocycles. The maximum atomic E-state index is 8.78. The first kappa shape index (κ1) is 9.38. The minimum Gasteiger partial charge on any atom is -0.397 e. The predicted molar refractivity (Wildman–Crippen MR) is 56.0 cm³/mol. The summed E-state index contributed by atoms with van der Waals surface area (Å²) >= 11 is 1.69. The van der Waals surface area contributed by atoms with Crippen LogP contribution < -0.4 is 5.73 Å². The van der Waals surface area contributed by atoms with Crippen molar-refractivity contribution in [1.82, 2.24) is 0 Å². The Hall–Kier alpha value is -1.18. The number of benzene rings is 1. The third-order valence-electron chi connectivity index (χ3n) is 2.09. The van der Waals surface area contributed by atoms with E-state index in [1.165, 1.54) is 0 Å². The Morgan fingerprint density at radius 2 is 2.29 bits per heavy atom. The van der Waals surface area contributed by atoms with Gasteiger partial charge >= 0.3 is 0 Å². The maximum Gasteiger partial charge on any atom is 0.101 e. The van der Waals surface area contributed by atoms with Gasteiger partial charge in [-0.15, -0.1) is 11.8 Å². The fourth-order valence-electron chi connectivity index (χ4n) is 1.21. The van der Waals surface area contributed by atoms with Gasteiger partial charge in [-0.3, -0.25) is 0 Å². The van der Waals surface area contributed by atoms with E-state index in [-0.39, 0.29) is 0 Å². The van der Waals surface area contributed by atoms with Crippen LogP contribution in [-0.4, -0.2) is 18.5 Å². The highest BCUT2D eigenvalue weighted by Crippen LogP contribution is 2.33. The van der Waals surface area contributed by atoms with Crippen molar-refractivity contribution in [3.05, 3.63) is 23.8 Å². The summed E-state index contributed by atoms with van der Waals surface area (Å²) in [5.74, 6) is 0. The lowest BCUT2D eigenvalue weighted by Gasteiger charge is -2.25. The number of para-hydroxylation sites is 1. The first-order valence-corrected chi connectivity index (χ1v) is 5.22. The maximum absolute atomic E-state index is 8.78. The van der Waals surface area contributed by atoms with Crippen molar-refractivity contribution in [1.29, 1.82) is 5.26 Å². The molecule has 14 heavy (non-hydrogen) atoms. The van der Waals surface area contributed by atoms with E-state index in [0.29, 0.717) is 16.5 Å². The molecule has 4 heteroatoms. The number of hydrogen-bond acceptors (Lipinski definition) is 4. The number of hydrogen-bond donors (Lipinski definition) is 1. The van der Waals surface area contributed by atoms with E-state index in [0.717, 1.165) is 18.1 Å². The molecule has 1 aromatic carbocycles. The average molecular weight is 206 g/mol. The lowest BCUT2D eigenvalue weighted by Crippen LogP contribution is -2.30. The molecule has 2 N–H and O–H groups in total. The van der Waals surface area contributed by atoms with Crippen molar-refractivity contribution < 1.29 is 4.74 Å². The molecule has 0 aromatic heterocycles. The SMILES string of the molecule is N#Cc1cccc(SC2COC2)c1N. The van der Waals surface area contributed by atoms with E-state index in [1.54, 1.807) is 17.8 Å². The number of thioether (sulfide) groups is 1. The van der Waals surface area contributed by atoms with Crippen LogP contribution in [-0.2, 0) is 4.74 Å². The lowest BCUT2D eigenvalue weighted by molar-refractivity contribution is 0.0455. The van der Waals surface area contributed by atoms with Gasteiger partial charge in [0.05, 0.1) is 29.7 Å². The van der Waals surface area contributed by atoms with Crippen LogP contribution in [0, 0.1) is 11.3 Å². The molecule has 3 nitrogen and oxygen atoms in total. The molecule has 0 unspecified atom stereocenters. The van der Waals surface area contributed by atoms with Crippen LogP contribution in [0.1, 0.15) is 5.56 Å². The highest BCUT2D eigenvalue weighted by molar-refractivity contribution is 8.00. The summed E-state index contributed by atoms with van der Waals surface area (Å²) in [5.41, 5.74) is 6.98. The Morgan fingerprint density at radius 3 is 2.86 bits per heavy atom. The molecule has 1 aliphatic rings. The highest BCUT2D eigenvalue weighted by atomic mass is 32.2. The van der Waals surface area contributed by atoms with Crippen LogP contribution in [0.5, 0.6) is 0 Å². The molecule has 72 valence electrons. The first-order chi connectivity index (χ1) is 6.81. The topological polar surface area (TPSA) is 59.0 Å². The van der Waals surface area contributed by atoms with Crippen LogP contribution in [0.25, 0.3) is 0 Å². The van der Waals surface area contributed by atoms with Gasteiger partial charge in [-0.25, -0.2) is 0 Å². The Kier molecular flexibility index (Phi) is 2.62. The summed E-state index contributed by atoms with van der Waals surface area (Å²) in [6, 6.07) is 7.61. The summed E-state index contributed by atoms with van der Waals surface area (Å²) in [6.45, 7) is 1.56. The van der Waals surface area contributed by atoms with Gasteiger partial charge in [-0.1, -0.05) is 6.07 Å². The van der Waals surface area contributed by atoms with Gasteiger partial charge in [0.2, 0.25) is 0 Å². The van der Waals surface area contributed by atoms with Crippen molar-refractivity contribution in [2.24, 2.45) is 0 Å². The highest BCUT2D eigenvalue weighted by Gasteiger charge is 2.20. The summed E-state index contributed by atoms with van der Waals surface area (Å²) in [4.78, 5) is 0.984. The molecule has 0 aliphatic carbocycles. The zero-order chi connectivity index (χ0) is 9.97. The zero-order valence-electron chi connectivity index (χ0n) is 7.56. The molecule has 1 aromatic rings. The molecule has 2 rings (SSSR count). The van der Waals surface area contributed by atoms with E-state index in [9.17, 15) is 0 Å². The van der Waals surface area contributed by atoms with Crippen LogP contribution in [0.3, 0.4) is 0 Å². The number of nitrogens with zero attached hydrogens (tertiary/aromatic N) is 1. The predicted octanol–water partition coefficient (Wildman–Crippen LogP) is 1.63. The largest absolute Gasteiger partial charge is 0.397 e. The van der Waals surface area contributed by atoms with E-state index >= 15 is 0 Å². The van der Waals surface area contributed by atoms with E-state index in [2.05, 4.69) is 6.07 Å².